The molecule has 0 aromatic heterocycles. The van der Waals surface area contributed by atoms with E-state index in [0.717, 1.165) is 4.90 Å². The number of anilines is 1. The van der Waals surface area contributed by atoms with Gasteiger partial charge in [-0.2, -0.15) is 0 Å². The van der Waals surface area contributed by atoms with E-state index in [1.807, 2.05) is 0 Å². The van der Waals surface area contributed by atoms with Crippen molar-refractivity contribution in [1.82, 2.24) is 5.32 Å². The van der Waals surface area contributed by atoms with Gasteiger partial charge in [0.15, 0.2) is 0 Å². The largest absolute Gasteiger partial charge is 0.493 e. The molecule has 4 amide bonds. The van der Waals surface area contributed by atoms with Crippen LogP contribution in [0.3, 0.4) is 0 Å². The number of amides is 4. The number of barbiturate groups is 1. The van der Waals surface area contributed by atoms with Crippen molar-refractivity contribution in [2.75, 3.05) is 11.5 Å². The van der Waals surface area contributed by atoms with Crippen LogP contribution >= 0.6 is 0 Å². The highest BCUT2D eigenvalue weighted by Gasteiger charge is 2.36. The summed E-state index contributed by atoms with van der Waals surface area (Å²) in [6, 6.07) is 11.6. The number of nitrogens with zero attached hydrogens (tertiary/aromatic N) is 1. The lowest BCUT2D eigenvalue weighted by Gasteiger charge is -2.26. The molecule has 0 aliphatic carbocycles. The monoisotopic (exact) mass is 380 g/mol. The standard InChI is InChI=1S/C20H16N2O6/c1-2-28-16-9-8-12(10-14(16)19(25)26)11-15-17(23)21-20(27)22(18(15)24)13-6-4-3-5-7-13/h3-11H,2H2,1H3,(H,25,26)(H,21,23,27). The second-order valence-electron chi connectivity index (χ2n) is 5.79. The maximum atomic E-state index is 12.8. The average molecular weight is 380 g/mol. The number of carbonyl (C=O) groups is 4. The summed E-state index contributed by atoms with van der Waals surface area (Å²) >= 11 is 0. The molecule has 0 atom stereocenters. The minimum Gasteiger partial charge on any atom is -0.493 e. The first-order chi connectivity index (χ1) is 13.4. The van der Waals surface area contributed by atoms with Crippen molar-refractivity contribution in [3.05, 3.63) is 65.2 Å². The summed E-state index contributed by atoms with van der Waals surface area (Å²) in [5.74, 6) is -2.68. The minimum atomic E-state index is -1.20. The lowest BCUT2D eigenvalue weighted by molar-refractivity contribution is -0.122. The molecule has 2 aromatic carbocycles. The van der Waals surface area contributed by atoms with Gasteiger partial charge in [0.2, 0.25) is 0 Å². The lowest BCUT2D eigenvalue weighted by atomic mass is 10.0. The fourth-order valence-electron chi connectivity index (χ4n) is 2.72. The number of hydrogen-bond donors (Lipinski definition) is 2. The number of ether oxygens (including phenoxy) is 1. The molecule has 28 heavy (non-hydrogen) atoms. The first-order valence-corrected chi connectivity index (χ1v) is 8.39. The second kappa shape index (κ2) is 7.75. The fraction of sp³-hybridized carbons (Fsp3) is 0.100. The highest BCUT2D eigenvalue weighted by atomic mass is 16.5. The van der Waals surface area contributed by atoms with Gasteiger partial charge in [0.1, 0.15) is 16.9 Å². The summed E-state index contributed by atoms with van der Waals surface area (Å²) in [5.41, 5.74) is 0.225. The Hall–Kier alpha value is -3.94. The number of carboxylic acids is 1. The molecule has 142 valence electrons. The molecule has 0 unspecified atom stereocenters. The van der Waals surface area contributed by atoms with Crippen LogP contribution in [0.2, 0.25) is 0 Å². The van der Waals surface area contributed by atoms with Crippen LogP contribution in [-0.4, -0.2) is 35.5 Å². The Morgan fingerprint density at radius 1 is 1.14 bits per heavy atom. The van der Waals surface area contributed by atoms with Gasteiger partial charge in [0, 0.05) is 0 Å². The third kappa shape index (κ3) is 3.61. The molecule has 2 N–H and O–H groups in total. The number of para-hydroxylation sites is 1. The van der Waals surface area contributed by atoms with Crippen LogP contribution in [0.5, 0.6) is 5.75 Å². The van der Waals surface area contributed by atoms with Crippen molar-refractivity contribution in [3.63, 3.8) is 0 Å². The Kier molecular flexibility index (Phi) is 5.21. The van der Waals surface area contributed by atoms with Crippen molar-refractivity contribution < 1.29 is 29.0 Å². The van der Waals surface area contributed by atoms with Crippen molar-refractivity contribution >= 4 is 35.6 Å². The highest BCUT2D eigenvalue weighted by molar-refractivity contribution is 6.39. The number of carbonyl (C=O) groups excluding carboxylic acids is 3. The molecule has 3 rings (SSSR count). The van der Waals surface area contributed by atoms with Gasteiger partial charge >= 0.3 is 12.0 Å². The molecule has 2 aromatic rings. The smallest absolute Gasteiger partial charge is 0.339 e. The molecule has 1 aliphatic heterocycles. The van der Waals surface area contributed by atoms with Crippen LogP contribution in [0.4, 0.5) is 10.5 Å². The van der Waals surface area contributed by atoms with E-state index in [-0.39, 0.29) is 23.5 Å². The van der Waals surface area contributed by atoms with E-state index in [4.69, 9.17) is 4.74 Å². The normalized spacial score (nSPS) is 15.5. The second-order valence-corrected chi connectivity index (χ2v) is 5.79. The predicted molar refractivity (Wildman–Crippen MR) is 100 cm³/mol. The van der Waals surface area contributed by atoms with Crippen LogP contribution in [0.25, 0.3) is 6.08 Å². The van der Waals surface area contributed by atoms with Crippen LogP contribution in [0.15, 0.2) is 54.1 Å². The summed E-state index contributed by atoms with van der Waals surface area (Å²) < 4.78 is 5.27. The molecule has 0 spiro atoms. The van der Waals surface area contributed by atoms with Crippen molar-refractivity contribution in [1.29, 1.82) is 0 Å². The van der Waals surface area contributed by atoms with Crippen molar-refractivity contribution in [2.24, 2.45) is 0 Å². The first-order valence-electron chi connectivity index (χ1n) is 8.39. The molecule has 8 heteroatoms. The topological polar surface area (TPSA) is 113 Å². The third-order valence-corrected chi connectivity index (χ3v) is 3.96. The van der Waals surface area contributed by atoms with Gasteiger partial charge in [-0.15, -0.1) is 0 Å². The zero-order chi connectivity index (χ0) is 20.3. The summed E-state index contributed by atoms with van der Waals surface area (Å²) in [7, 11) is 0. The van der Waals surface area contributed by atoms with Crippen molar-refractivity contribution in [2.45, 2.75) is 6.92 Å². The number of benzene rings is 2. The van der Waals surface area contributed by atoms with E-state index in [1.54, 1.807) is 37.3 Å². The number of hydrogen-bond acceptors (Lipinski definition) is 5. The minimum absolute atomic E-state index is 0.101. The van der Waals surface area contributed by atoms with Crippen LogP contribution in [-0.2, 0) is 9.59 Å². The molecular weight excluding hydrogens is 364 g/mol. The van der Waals surface area contributed by atoms with Gasteiger partial charge < -0.3 is 9.84 Å². The summed E-state index contributed by atoms with van der Waals surface area (Å²) in [5, 5.41) is 11.5. The molecule has 1 aliphatic rings. The molecule has 0 bridgehead atoms. The Bertz CT molecular complexity index is 997. The Morgan fingerprint density at radius 3 is 2.50 bits per heavy atom. The van der Waals surface area contributed by atoms with Crippen LogP contribution < -0.4 is 15.0 Å². The predicted octanol–water partition coefficient (Wildman–Crippen LogP) is 2.45. The van der Waals surface area contributed by atoms with E-state index in [9.17, 15) is 24.3 Å². The van der Waals surface area contributed by atoms with Gasteiger partial charge in [-0.05, 0) is 42.8 Å². The fourth-order valence-corrected chi connectivity index (χ4v) is 2.72. The van der Waals surface area contributed by atoms with Gasteiger partial charge in [0.25, 0.3) is 11.8 Å². The van der Waals surface area contributed by atoms with E-state index >= 15 is 0 Å². The van der Waals surface area contributed by atoms with E-state index in [2.05, 4.69) is 5.32 Å². The number of imide groups is 2. The van der Waals surface area contributed by atoms with E-state index < -0.39 is 23.8 Å². The number of urea groups is 1. The zero-order valence-electron chi connectivity index (χ0n) is 14.8. The maximum Gasteiger partial charge on any atom is 0.339 e. The van der Waals surface area contributed by atoms with Gasteiger partial charge in [-0.3, -0.25) is 14.9 Å². The maximum absolute atomic E-state index is 12.8. The average Bonchev–Trinajstić information content (AvgIpc) is 2.67. The molecule has 8 nitrogen and oxygen atoms in total. The SMILES string of the molecule is CCOc1ccc(C=C2C(=O)NC(=O)N(c3ccccc3)C2=O)cc1C(=O)O. The number of rotatable bonds is 5. The molecular formula is C20H16N2O6. The Labute approximate surface area is 160 Å². The molecule has 1 saturated heterocycles. The van der Waals surface area contributed by atoms with Crippen molar-refractivity contribution in [3.8, 4) is 5.75 Å². The van der Waals surface area contributed by atoms with Gasteiger partial charge in [-0.25, -0.2) is 14.5 Å². The summed E-state index contributed by atoms with van der Waals surface area (Å²) in [4.78, 5) is 49.4. The lowest BCUT2D eigenvalue weighted by Crippen LogP contribution is -2.54. The Morgan fingerprint density at radius 2 is 1.86 bits per heavy atom. The van der Waals surface area contributed by atoms with E-state index in [0.29, 0.717) is 11.3 Å². The van der Waals surface area contributed by atoms with Gasteiger partial charge in [-0.1, -0.05) is 24.3 Å². The highest BCUT2D eigenvalue weighted by Crippen LogP contribution is 2.24. The van der Waals surface area contributed by atoms with Crippen LogP contribution in [0, 0.1) is 0 Å². The summed E-state index contributed by atoms with van der Waals surface area (Å²) in [6.45, 7) is 2.01. The van der Waals surface area contributed by atoms with E-state index in [1.165, 1.54) is 24.3 Å². The Balaban J connectivity index is 2.02. The molecule has 1 fully saturated rings. The summed E-state index contributed by atoms with van der Waals surface area (Å²) in [6.07, 6.45) is 1.24. The third-order valence-electron chi connectivity index (χ3n) is 3.96. The number of aromatic carboxylic acids is 1. The number of nitrogens with one attached hydrogen (secondary N) is 1. The number of carboxylic acid groups (broad SMARTS) is 1. The molecule has 0 radical (unpaired) electrons. The quantitative estimate of drug-likeness (QED) is 0.609. The molecule has 1 heterocycles. The van der Waals surface area contributed by atoms with Gasteiger partial charge in [0.05, 0.1) is 12.3 Å². The first kappa shape index (κ1) is 18.8. The van der Waals surface area contributed by atoms with Crippen LogP contribution in [0.1, 0.15) is 22.8 Å². The molecule has 0 saturated carbocycles. The zero-order valence-corrected chi connectivity index (χ0v) is 14.8.